The van der Waals surface area contributed by atoms with Crippen molar-refractivity contribution in [2.75, 3.05) is 31.1 Å². The van der Waals surface area contributed by atoms with Crippen molar-refractivity contribution >= 4 is 22.4 Å². The molecule has 1 aliphatic heterocycles. The molecular weight excluding hydrogens is 424 g/mol. The number of halogens is 4. The van der Waals surface area contributed by atoms with Gasteiger partial charge in [-0.05, 0) is 24.6 Å². The van der Waals surface area contributed by atoms with Crippen LogP contribution in [0.3, 0.4) is 0 Å². The predicted octanol–water partition coefficient (Wildman–Crippen LogP) is 3.23. The van der Waals surface area contributed by atoms with Crippen LogP contribution >= 0.6 is 11.3 Å². The smallest absolute Gasteiger partial charge is 0.346 e. The zero-order valence-corrected chi connectivity index (χ0v) is 16.3. The Morgan fingerprint density at radius 2 is 1.97 bits per heavy atom. The Bertz CT molecular complexity index is 1040. The number of rotatable bonds is 3. The Morgan fingerprint density at radius 1 is 1.13 bits per heavy atom. The number of aromatic nitrogens is 4. The third kappa shape index (κ3) is 3.99. The Kier molecular flexibility index (Phi) is 5.41. The standard InChI is InChI=1S/C18H16F4N6OS/c19-12-3-1-4-13(11-12)28-15(18(20,21)22)14(24-25-28)16(29)26-6-2-7-27(9-8-26)17-23-5-10-30-17/h1,3-5,10-11H,2,6-9H2. The van der Waals surface area contributed by atoms with Gasteiger partial charge in [-0.2, -0.15) is 13.2 Å². The largest absolute Gasteiger partial charge is 0.435 e. The molecule has 1 aromatic carbocycles. The molecule has 1 fully saturated rings. The molecule has 0 bridgehead atoms. The van der Waals surface area contributed by atoms with E-state index in [2.05, 4.69) is 15.3 Å². The fraction of sp³-hybridized carbons (Fsp3) is 0.333. The topological polar surface area (TPSA) is 67.2 Å². The highest BCUT2D eigenvalue weighted by Gasteiger charge is 2.43. The minimum Gasteiger partial charge on any atom is -0.346 e. The number of hydrogen-bond donors (Lipinski definition) is 0. The Morgan fingerprint density at radius 3 is 2.67 bits per heavy atom. The lowest BCUT2D eigenvalue weighted by Crippen LogP contribution is -2.36. The fourth-order valence-electron chi connectivity index (χ4n) is 3.30. The molecule has 12 heteroatoms. The van der Waals surface area contributed by atoms with Crippen molar-refractivity contribution in [2.24, 2.45) is 0 Å². The second kappa shape index (κ2) is 8.01. The Labute approximate surface area is 172 Å². The summed E-state index contributed by atoms with van der Waals surface area (Å²) < 4.78 is 55.4. The number of nitrogens with zero attached hydrogens (tertiary/aromatic N) is 6. The third-order valence-corrected chi connectivity index (χ3v) is 5.50. The van der Waals surface area contributed by atoms with Gasteiger partial charge in [-0.3, -0.25) is 4.79 Å². The number of amides is 1. The minimum atomic E-state index is -4.90. The summed E-state index contributed by atoms with van der Waals surface area (Å²) in [5.41, 5.74) is -2.28. The van der Waals surface area contributed by atoms with Crippen LogP contribution in [0.5, 0.6) is 0 Å². The van der Waals surface area contributed by atoms with Crippen LogP contribution in [-0.2, 0) is 6.18 Å². The third-order valence-electron chi connectivity index (χ3n) is 4.67. The SMILES string of the molecule is O=C(c1nnn(-c2cccc(F)c2)c1C(F)(F)F)N1CCCN(c2nccs2)CC1. The first kappa shape index (κ1) is 20.3. The van der Waals surface area contributed by atoms with Gasteiger partial charge in [0.05, 0.1) is 5.69 Å². The molecule has 30 heavy (non-hydrogen) atoms. The van der Waals surface area contributed by atoms with Crippen LogP contribution in [-0.4, -0.2) is 57.0 Å². The fourth-order valence-corrected chi connectivity index (χ4v) is 4.00. The van der Waals surface area contributed by atoms with Crippen LogP contribution in [0.4, 0.5) is 22.7 Å². The van der Waals surface area contributed by atoms with Gasteiger partial charge in [0.15, 0.2) is 16.5 Å². The lowest BCUT2D eigenvalue weighted by Gasteiger charge is -2.21. The molecule has 0 unspecified atom stereocenters. The molecular formula is C18H16F4N6OS. The van der Waals surface area contributed by atoms with E-state index in [4.69, 9.17) is 0 Å². The lowest BCUT2D eigenvalue weighted by atomic mass is 10.2. The maximum atomic E-state index is 13.8. The van der Waals surface area contributed by atoms with Crippen LogP contribution in [0.1, 0.15) is 22.6 Å². The van der Waals surface area contributed by atoms with Crippen LogP contribution in [0.2, 0.25) is 0 Å². The van der Waals surface area contributed by atoms with Gasteiger partial charge in [0, 0.05) is 37.8 Å². The molecule has 0 spiro atoms. The predicted molar refractivity (Wildman–Crippen MR) is 101 cm³/mol. The first-order valence-corrected chi connectivity index (χ1v) is 9.95. The molecule has 1 saturated heterocycles. The van der Waals surface area contributed by atoms with Crippen molar-refractivity contribution in [2.45, 2.75) is 12.6 Å². The molecule has 0 atom stereocenters. The zero-order valence-electron chi connectivity index (χ0n) is 15.5. The molecule has 3 heterocycles. The average Bonchev–Trinajstić information content (AvgIpc) is 3.33. The Hall–Kier alpha value is -3.02. The summed E-state index contributed by atoms with van der Waals surface area (Å²) in [5.74, 6) is -1.58. The molecule has 2 aromatic heterocycles. The molecule has 158 valence electrons. The zero-order chi connectivity index (χ0) is 21.3. The molecule has 0 saturated carbocycles. The van der Waals surface area contributed by atoms with Crippen molar-refractivity contribution in [1.29, 1.82) is 0 Å². The average molecular weight is 440 g/mol. The van der Waals surface area contributed by atoms with Gasteiger partial charge in [-0.15, -0.1) is 16.4 Å². The number of hydrogen-bond acceptors (Lipinski definition) is 6. The van der Waals surface area contributed by atoms with Crippen LogP contribution < -0.4 is 4.90 Å². The van der Waals surface area contributed by atoms with Gasteiger partial charge in [-0.1, -0.05) is 11.3 Å². The van der Waals surface area contributed by atoms with E-state index < -0.39 is 29.3 Å². The second-order valence-corrected chi connectivity index (χ2v) is 7.50. The first-order chi connectivity index (χ1) is 14.3. The molecule has 3 aromatic rings. The molecule has 7 nitrogen and oxygen atoms in total. The van der Waals surface area contributed by atoms with Gasteiger partial charge in [0.1, 0.15) is 5.82 Å². The quantitative estimate of drug-likeness (QED) is 0.585. The number of anilines is 1. The van der Waals surface area contributed by atoms with E-state index in [9.17, 15) is 22.4 Å². The summed E-state index contributed by atoms with van der Waals surface area (Å²) in [5, 5.41) is 9.66. The van der Waals surface area contributed by atoms with E-state index >= 15 is 0 Å². The molecule has 0 aliphatic carbocycles. The minimum absolute atomic E-state index is 0.167. The van der Waals surface area contributed by atoms with E-state index in [0.29, 0.717) is 24.2 Å². The van der Waals surface area contributed by atoms with Gasteiger partial charge < -0.3 is 9.80 Å². The number of thiazole rings is 1. The van der Waals surface area contributed by atoms with Gasteiger partial charge in [-0.25, -0.2) is 14.1 Å². The summed E-state index contributed by atoms with van der Waals surface area (Å²) in [6.07, 6.45) is -2.65. The highest BCUT2D eigenvalue weighted by Crippen LogP contribution is 2.33. The number of benzene rings is 1. The summed E-state index contributed by atoms with van der Waals surface area (Å²) in [7, 11) is 0. The summed E-state index contributed by atoms with van der Waals surface area (Å²) >= 11 is 1.46. The molecule has 0 radical (unpaired) electrons. The van der Waals surface area contributed by atoms with Crippen molar-refractivity contribution in [1.82, 2.24) is 24.9 Å². The monoisotopic (exact) mass is 440 g/mol. The van der Waals surface area contributed by atoms with E-state index in [1.54, 1.807) is 6.20 Å². The van der Waals surface area contributed by atoms with Crippen LogP contribution in [0.15, 0.2) is 35.8 Å². The van der Waals surface area contributed by atoms with E-state index in [-0.39, 0.29) is 18.8 Å². The lowest BCUT2D eigenvalue weighted by molar-refractivity contribution is -0.143. The highest BCUT2D eigenvalue weighted by atomic mass is 32.1. The molecule has 1 aliphatic rings. The van der Waals surface area contributed by atoms with Crippen molar-refractivity contribution in [3.8, 4) is 5.69 Å². The van der Waals surface area contributed by atoms with Crippen molar-refractivity contribution in [3.05, 3.63) is 53.0 Å². The number of carbonyl (C=O) groups is 1. The maximum Gasteiger partial charge on any atom is 0.435 e. The Balaban J connectivity index is 1.62. The number of alkyl halides is 3. The normalized spacial score (nSPS) is 15.3. The van der Waals surface area contributed by atoms with E-state index in [0.717, 1.165) is 17.3 Å². The van der Waals surface area contributed by atoms with Gasteiger partial charge in [0.25, 0.3) is 5.91 Å². The van der Waals surface area contributed by atoms with Crippen molar-refractivity contribution < 1.29 is 22.4 Å². The highest BCUT2D eigenvalue weighted by molar-refractivity contribution is 7.13. The first-order valence-electron chi connectivity index (χ1n) is 9.07. The van der Waals surface area contributed by atoms with E-state index in [1.807, 2.05) is 10.3 Å². The van der Waals surface area contributed by atoms with E-state index in [1.165, 1.54) is 28.4 Å². The van der Waals surface area contributed by atoms with Crippen molar-refractivity contribution in [3.63, 3.8) is 0 Å². The van der Waals surface area contributed by atoms with Crippen LogP contribution in [0, 0.1) is 5.82 Å². The number of carbonyl (C=O) groups excluding carboxylic acids is 1. The molecule has 1 amide bonds. The second-order valence-electron chi connectivity index (χ2n) is 6.62. The molecule has 4 rings (SSSR count). The summed E-state index contributed by atoms with van der Waals surface area (Å²) in [6.45, 7) is 1.59. The van der Waals surface area contributed by atoms with Crippen LogP contribution in [0.25, 0.3) is 5.69 Å². The van der Waals surface area contributed by atoms with Gasteiger partial charge >= 0.3 is 6.18 Å². The van der Waals surface area contributed by atoms with Gasteiger partial charge in [0.2, 0.25) is 0 Å². The summed E-state index contributed by atoms with van der Waals surface area (Å²) in [6, 6.07) is 4.52. The molecule has 0 N–H and O–H groups in total. The summed E-state index contributed by atoms with van der Waals surface area (Å²) in [4.78, 5) is 20.5. The maximum absolute atomic E-state index is 13.8.